The molecule has 2 aromatic carbocycles. The smallest absolute Gasteiger partial charge is 0.291 e. The number of rotatable bonds is 8. The Labute approximate surface area is 188 Å². The number of benzene rings is 2. The second-order valence-corrected chi connectivity index (χ2v) is 8.28. The molecule has 0 saturated heterocycles. The van der Waals surface area contributed by atoms with Gasteiger partial charge in [0.2, 0.25) is 4.96 Å². The van der Waals surface area contributed by atoms with Gasteiger partial charge in [0.1, 0.15) is 0 Å². The second kappa shape index (κ2) is 9.49. The van der Waals surface area contributed by atoms with E-state index in [0.717, 1.165) is 18.4 Å². The maximum absolute atomic E-state index is 12.9. The first-order valence-electron chi connectivity index (χ1n) is 10.2. The van der Waals surface area contributed by atoms with Crippen molar-refractivity contribution in [3.8, 4) is 22.9 Å². The minimum absolute atomic E-state index is 0.216. The lowest BCUT2D eigenvalue weighted by atomic mass is 10.2. The van der Waals surface area contributed by atoms with E-state index in [-0.39, 0.29) is 5.56 Å². The number of nitrogens with zero attached hydrogens (tertiary/aromatic N) is 3. The van der Waals surface area contributed by atoms with Crippen LogP contribution in [0, 0.1) is 0 Å². The van der Waals surface area contributed by atoms with Gasteiger partial charge >= 0.3 is 0 Å². The molecular weight excluding hydrogens is 434 g/mol. The number of aromatic nitrogens is 3. The number of fused-ring (bicyclic) bond motifs is 1. The zero-order valence-electron chi connectivity index (χ0n) is 17.3. The fraction of sp³-hybridized carbons (Fsp3) is 0.261. The fourth-order valence-corrected chi connectivity index (χ4v) is 4.20. The minimum atomic E-state index is -0.216. The Morgan fingerprint density at radius 1 is 1.13 bits per heavy atom. The van der Waals surface area contributed by atoms with E-state index in [2.05, 4.69) is 17.0 Å². The molecule has 4 aromatic rings. The lowest BCUT2D eigenvalue weighted by Gasteiger charge is -2.12. The highest BCUT2D eigenvalue weighted by Gasteiger charge is 2.14. The van der Waals surface area contributed by atoms with Crippen molar-refractivity contribution < 1.29 is 9.47 Å². The Kier molecular flexibility index (Phi) is 6.53. The van der Waals surface area contributed by atoms with Crippen LogP contribution in [0.15, 0.2) is 47.3 Å². The summed E-state index contributed by atoms with van der Waals surface area (Å²) in [7, 11) is 0. The average Bonchev–Trinajstić information content (AvgIpc) is 3.30. The molecule has 4 rings (SSSR count). The molecule has 2 aromatic heterocycles. The molecule has 0 radical (unpaired) electrons. The predicted molar refractivity (Wildman–Crippen MR) is 124 cm³/mol. The van der Waals surface area contributed by atoms with E-state index in [4.69, 9.17) is 21.1 Å². The van der Waals surface area contributed by atoms with Crippen LogP contribution in [0.3, 0.4) is 0 Å². The summed E-state index contributed by atoms with van der Waals surface area (Å²) in [6.45, 7) is 5.22. The molecule has 0 aliphatic rings. The lowest BCUT2D eigenvalue weighted by Crippen LogP contribution is -2.23. The van der Waals surface area contributed by atoms with E-state index in [0.29, 0.717) is 50.6 Å². The molecule has 8 heteroatoms. The molecule has 0 unspecified atom stereocenters. The van der Waals surface area contributed by atoms with Gasteiger partial charge in [-0.1, -0.05) is 54.5 Å². The zero-order valence-corrected chi connectivity index (χ0v) is 18.9. The summed E-state index contributed by atoms with van der Waals surface area (Å²) in [5.41, 5.74) is 1.33. The molecule has 0 fully saturated rings. The van der Waals surface area contributed by atoms with Crippen molar-refractivity contribution in [1.29, 1.82) is 0 Å². The topological polar surface area (TPSA) is 65.7 Å². The normalized spacial score (nSPS) is 11.9. The Bertz CT molecular complexity index is 1320. The molecule has 31 heavy (non-hydrogen) atoms. The van der Waals surface area contributed by atoms with Crippen LogP contribution in [-0.4, -0.2) is 27.8 Å². The quantitative estimate of drug-likeness (QED) is 0.363. The Balaban J connectivity index is 1.68. The van der Waals surface area contributed by atoms with Gasteiger partial charge in [-0.3, -0.25) is 4.79 Å². The molecule has 0 bridgehead atoms. The van der Waals surface area contributed by atoms with Gasteiger partial charge in [0.05, 0.1) is 22.8 Å². The maximum Gasteiger partial charge on any atom is 0.291 e. The standard InChI is InChI=1S/C23H22ClN3O3S/c1-3-5-12-30-18-11-10-15(13-19(18)29-4-2)14-20-22(28)27-23(31-20)25-21(26-27)16-8-6-7-9-17(16)24/h6-11,13-14H,3-5,12H2,1-2H3/b20-14+. The molecule has 2 heterocycles. The van der Waals surface area contributed by atoms with Gasteiger partial charge in [0, 0.05) is 5.56 Å². The van der Waals surface area contributed by atoms with Crippen molar-refractivity contribution in [3.05, 3.63) is 67.9 Å². The van der Waals surface area contributed by atoms with Crippen molar-refractivity contribution in [2.75, 3.05) is 13.2 Å². The molecule has 6 nitrogen and oxygen atoms in total. The van der Waals surface area contributed by atoms with Crippen molar-refractivity contribution in [3.63, 3.8) is 0 Å². The van der Waals surface area contributed by atoms with Crippen LogP contribution in [0.5, 0.6) is 11.5 Å². The average molecular weight is 456 g/mol. The SMILES string of the molecule is CCCCOc1ccc(/C=c2/sc3nc(-c4ccccc4Cl)nn3c2=O)cc1OCC. The van der Waals surface area contributed by atoms with Crippen LogP contribution in [0.4, 0.5) is 0 Å². The summed E-state index contributed by atoms with van der Waals surface area (Å²) in [4.78, 5) is 17.9. The largest absolute Gasteiger partial charge is 0.490 e. The van der Waals surface area contributed by atoms with E-state index >= 15 is 0 Å². The summed E-state index contributed by atoms with van der Waals surface area (Å²) in [6, 6.07) is 13.0. The number of hydrogen-bond acceptors (Lipinski definition) is 6. The Hall–Kier alpha value is -2.90. The summed E-state index contributed by atoms with van der Waals surface area (Å²) in [5, 5.41) is 4.91. The monoisotopic (exact) mass is 455 g/mol. The molecule has 0 aliphatic heterocycles. The highest BCUT2D eigenvalue weighted by molar-refractivity contribution is 7.15. The van der Waals surface area contributed by atoms with Gasteiger partial charge in [0.15, 0.2) is 17.3 Å². The first kappa shape index (κ1) is 21.3. The number of hydrogen-bond donors (Lipinski definition) is 0. The second-order valence-electron chi connectivity index (χ2n) is 6.87. The minimum Gasteiger partial charge on any atom is -0.490 e. The van der Waals surface area contributed by atoms with Crippen molar-refractivity contribution in [2.24, 2.45) is 0 Å². The van der Waals surface area contributed by atoms with E-state index < -0.39 is 0 Å². The van der Waals surface area contributed by atoms with E-state index in [9.17, 15) is 4.79 Å². The maximum atomic E-state index is 12.9. The molecule has 0 spiro atoms. The highest BCUT2D eigenvalue weighted by atomic mass is 35.5. The van der Waals surface area contributed by atoms with Crippen LogP contribution in [-0.2, 0) is 0 Å². The third kappa shape index (κ3) is 4.57. The van der Waals surface area contributed by atoms with Gasteiger partial charge in [-0.25, -0.2) is 0 Å². The third-order valence-corrected chi connectivity index (χ3v) is 5.91. The van der Waals surface area contributed by atoms with Gasteiger partial charge in [-0.15, -0.1) is 5.10 Å². The molecule has 0 atom stereocenters. The van der Waals surface area contributed by atoms with Crippen LogP contribution < -0.4 is 19.6 Å². The molecule has 0 saturated carbocycles. The van der Waals surface area contributed by atoms with Crippen LogP contribution in [0.2, 0.25) is 5.02 Å². The Morgan fingerprint density at radius 3 is 2.71 bits per heavy atom. The number of ether oxygens (including phenoxy) is 2. The molecular formula is C23H22ClN3O3S. The Morgan fingerprint density at radius 2 is 1.97 bits per heavy atom. The first-order chi connectivity index (χ1) is 15.1. The summed E-state index contributed by atoms with van der Waals surface area (Å²) in [5.74, 6) is 1.81. The third-order valence-electron chi connectivity index (χ3n) is 4.62. The van der Waals surface area contributed by atoms with Crippen molar-refractivity contribution in [2.45, 2.75) is 26.7 Å². The van der Waals surface area contributed by atoms with Crippen LogP contribution in [0.1, 0.15) is 32.3 Å². The van der Waals surface area contributed by atoms with Crippen LogP contribution >= 0.6 is 22.9 Å². The fourth-order valence-electron chi connectivity index (χ4n) is 3.07. The van der Waals surface area contributed by atoms with E-state index in [1.165, 1.54) is 15.9 Å². The number of thiazole rings is 1. The molecule has 0 aliphatic carbocycles. The summed E-state index contributed by atoms with van der Waals surface area (Å²) in [6.07, 6.45) is 3.86. The van der Waals surface area contributed by atoms with Crippen molar-refractivity contribution >= 4 is 34.0 Å². The van der Waals surface area contributed by atoms with Gasteiger partial charge in [-0.05, 0) is 49.2 Å². The molecule has 160 valence electrons. The van der Waals surface area contributed by atoms with Gasteiger partial charge < -0.3 is 9.47 Å². The van der Waals surface area contributed by atoms with Gasteiger partial charge in [-0.2, -0.15) is 9.50 Å². The predicted octanol–water partition coefficient (Wildman–Crippen LogP) is 4.60. The first-order valence-corrected chi connectivity index (χ1v) is 11.4. The van der Waals surface area contributed by atoms with Crippen molar-refractivity contribution in [1.82, 2.24) is 14.6 Å². The van der Waals surface area contributed by atoms with Crippen LogP contribution in [0.25, 0.3) is 22.4 Å². The van der Waals surface area contributed by atoms with E-state index in [1.807, 2.05) is 49.4 Å². The number of halogens is 1. The zero-order chi connectivity index (χ0) is 21.8. The molecule has 0 amide bonds. The lowest BCUT2D eigenvalue weighted by molar-refractivity contribution is 0.272. The highest BCUT2D eigenvalue weighted by Crippen LogP contribution is 2.29. The number of unbranched alkanes of at least 4 members (excludes halogenated alkanes) is 1. The van der Waals surface area contributed by atoms with E-state index in [1.54, 1.807) is 6.07 Å². The summed E-state index contributed by atoms with van der Waals surface area (Å²) >= 11 is 7.52. The molecule has 0 N–H and O–H groups in total. The summed E-state index contributed by atoms with van der Waals surface area (Å²) < 4.78 is 13.4. The van der Waals surface area contributed by atoms with Gasteiger partial charge in [0.25, 0.3) is 5.56 Å².